The number of carbonyl (C=O) groups is 2. The molecule has 2 fully saturated rings. The number of piperidine rings is 1. The number of ether oxygens (including phenoxy) is 2. The molecule has 0 aliphatic carbocycles. The van der Waals surface area contributed by atoms with Crippen LogP contribution in [0, 0.1) is 5.41 Å². The van der Waals surface area contributed by atoms with E-state index in [0.29, 0.717) is 32.6 Å². The van der Waals surface area contributed by atoms with Crippen molar-refractivity contribution < 1.29 is 19.1 Å². The van der Waals surface area contributed by atoms with Gasteiger partial charge >= 0.3 is 0 Å². The Balaban J connectivity index is 1.53. The van der Waals surface area contributed by atoms with E-state index in [1.54, 1.807) is 7.11 Å². The molecule has 0 bridgehead atoms. The van der Waals surface area contributed by atoms with Crippen LogP contribution in [0.25, 0.3) is 0 Å². The highest BCUT2D eigenvalue weighted by Crippen LogP contribution is 2.41. The second-order valence-electron chi connectivity index (χ2n) is 7.61. The number of benzene rings is 1. The van der Waals surface area contributed by atoms with Crippen LogP contribution in [-0.2, 0) is 20.9 Å². The molecule has 2 saturated heterocycles. The molecular formula is C21H30N2O4. The van der Waals surface area contributed by atoms with Crippen molar-refractivity contribution in [2.75, 3.05) is 40.0 Å². The van der Waals surface area contributed by atoms with Gasteiger partial charge in [0.1, 0.15) is 5.75 Å². The lowest BCUT2D eigenvalue weighted by molar-refractivity contribution is -0.134. The van der Waals surface area contributed by atoms with Crippen molar-refractivity contribution in [3.8, 4) is 5.75 Å². The first kappa shape index (κ1) is 19.7. The summed E-state index contributed by atoms with van der Waals surface area (Å²) in [5.41, 5.74) is 1.11. The molecule has 0 atom stereocenters. The van der Waals surface area contributed by atoms with Gasteiger partial charge in [-0.15, -0.1) is 0 Å². The summed E-state index contributed by atoms with van der Waals surface area (Å²) in [7, 11) is 1.65. The van der Waals surface area contributed by atoms with Crippen molar-refractivity contribution >= 4 is 11.8 Å². The zero-order valence-corrected chi connectivity index (χ0v) is 16.4. The average molecular weight is 374 g/mol. The van der Waals surface area contributed by atoms with E-state index in [2.05, 4.69) is 0 Å². The maximum absolute atomic E-state index is 12.6. The van der Waals surface area contributed by atoms with Crippen molar-refractivity contribution in [2.24, 2.45) is 5.41 Å². The minimum Gasteiger partial charge on any atom is -0.497 e. The van der Waals surface area contributed by atoms with E-state index < -0.39 is 0 Å². The average Bonchev–Trinajstić information content (AvgIpc) is 2.97. The second kappa shape index (κ2) is 8.74. The first-order valence-electron chi connectivity index (χ1n) is 9.81. The van der Waals surface area contributed by atoms with Crippen LogP contribution in [0.2, 0.25) is 0 Å². The van der Waals surface area contributed by atoms with Crippen LogP contribution < -0.4 is 4.74 Å². The molecule has 2 amide bonds. The Labute approximate surface area is 161 Å². The van der Waals surface area contributed by atoms with Gasteiger partial charge in [-0.05, 0) is 37.5 Å². The quantitative estimate of drug-likeness (QED) is 0.688. The van der Waals surface area contributed by atoms with Crippen LogP contribution in [0.4, 0.5) is 0 Å². The van der Waals surface area contributed by atoms with Crippen LogP contribution in [0.3, 0.4) is 0 Å². The molecule has 2 aliphatic rings. The highest BCUT2D eigenvalue weighted by molar-refractivity contribution is 5.80. The van der Waals surface area contributed by atoms with Gasteiger partial charge < -0.3 is 19.3 Å². The summed E-state index contributed by atoms with van der Waals surface area (Å²) in [5, 5.41) is 0. The Morgan fingerprint density at radius 3 is 2.74 bits per heavy atom. The largest absolute Gasteiger partial charge is 0.497 e. The fraction of sp³-hybridized carbons (Fsp3) is 0.619. The smallest absolute Gasteiger partial charge is 0.224 e. The Morgan fingerprint density at radius 1 is 1.26 bits per heavy atom. The van der Waals surface area contributed by atoms with E-state index >= 15 is 0 Å². The first-order valence-corrected chi connectivity index (χ1v) is 9.81. The van der Waals surface area contributed by atoms with Gasteiger partial charge in [0.25, 0.3) is 0 Å². The van der Waals surface area contributed by atoms with E-state index in [1.807, 2.05) is 41.0 Å². The number of rotatable bonds is 7. The SMILES string of the molecule is CCOCCC(=O)N1CCC2(CC1)CC(=O)N(Cc1cccc(OC)c1)C2. The molecule has 2 heterocycles. The summed E-state index contributed by atoms with van der Waals surface area (Å²) in [6.45, 7) is 5.95. The first-order chi connectivity index (χ1) is 13.0. The van der Waals surface area contributed by atoms with Gasteiger partial charge in [0, 0.05) is 44.6 Å². The van der Waals surface area contributed by atoms with Gasteiger partial charge in [0.15, 0.2) is 0 Å². The number of hydrogen-bond donors (Lipinski definition) is 0. The summed E-state index contributed by atoms with van der Waals surface area (Å²) < 4.78 is 10.6. The molecule has 1 spiro atoms. The summed E-state index contributed by atoms with van der Waals surface area (Å²) >= 11 is 0. The van der Waals surface area contributed by atoms with Crippen molar-refractivity contribution in [1.82, 2.24) is 9.80 Å². The second-order valence-corrected chi connectivity index (χ2v) is 7.61. The Hall–Kier alpha value is -2.08. The van der Waals surface area contributed by atoms with E-state index in [4.69, 9.17) is 9.47 Å². The normalized spacial score (nSPS) is 19.0. The lowest BCUT2D eigenvalue weighted by Crippen LogP contribution is -2.44. The Kier molecular flexibility index (Phi) is 6.37. The molecule has 0 N–H and O–H groups in total. The molecule has 148 valence electrons. The number of methoxy groups -OCH3 is 1. The van der Waals surface area contributed by atoms with Crippen molar-refractivity contribution in [2.45, 2.75) is 39.2 Å². The molecule has 0 saturated carbocycles. The summed E-state index contributed by atoms with van der Waals surface area (Å²) in [6.07, 6.45) is 2.83. The molecule has 2 aliphatic heterocycles. The Morgan fingerprint density at radius 2 is 2.04 bits per heavy atom. The molecule has 6 heteroatoms. The fourth-order valence-corrected chi connectivity index (χ4v) is 4.14. The van der Waals surface area contributed by atoms with Gasteiger partial charge in [-0.2, -0.15) is 0 Å². The van der Waals surface area contributed by atoms with E-state index in [0.717, 1.165) is 43.8 Å². The molecule has 1 aromatic rings. The molecule has 0 radical (unpaired) electrons. The van der Waals surface area contributed by atoms with Crippen LogP contribution in [0.15, 0.2) is 24.3 Å². The fourth-order valence-electron chi connectivity index (χ4n) is 4.14. The van der Waals surface area contributed by atoms with Gasteiger partial charge in [0.05, 0.1) is 20.1 Å². The monoisotopic (exact) mass is 374 g/mol. The van der Waals surface area contributed by atoms with E-state index in [9.17, 15) is 9.59 Å². The van der Waals surface area contributed by atoms with Crippen LogP contribution in [0.5, 0.6) is 5.75 Å². The number of hydrogen-bond acceptors (Lipinski definition) is 4. The van der Waals surface area contributed by atoms with Crippen molar-refractivity contribution in [1.29, 1.82) is 0 Å². The Bertz CT molecular complexity index is 668. The standard InChI is InChI=1S/C21H30N2O4/c1-3-27-12-7-19(24)22-10-8-21(9-11-22)14-20(25)23(16-21)15-17-5-4-6-18(13-17)26-2/h4-6,13H,3,7-12,14-16H2,1-2H3. The zero-order chi connectivity index (χ0) is 19.3. The van der Waals surface area contributed by atoms with Crippen LogP contribution >= 0.6 is 0 Å². The van der Waals surface area contributed by atoms with Gasteiger partial charge in [-0.1, -0.05) is 12.1 Å². The minimum atomic E-state index is 0.0205. The topological polar surface area (TPSA) is 59.1 Å². The molecule has 1 aromatic carbocycles. The maximum atomic E-state index is 12.6. The predicted octanol–water partition coefficient (Wildman–Crippen LogP) is 2.46. The summed E-state index contributed by atoms with van der Waals surface area (Å²) in [6, 6.07) is 7.88. The van der Waals surface area contributed by atoms with Gasteiger partial charge in [-0.25, -0.2) is 0 Å². The molecule has 0 aromatic heterocycles. The third-order valence-corrected chi connectivity index (χ3v) is 5.75. The van der Waals surface area contributed by atoms with Crippen LogP contribution in [-0.4, -0.2) is 61.6 Å². The molecular weight excluding hydrogens is 344 g/mol. The molecule has 6 nitrogen and oxygen atoms in total. The highest BCUT2D eigenvalue weighted by Gasteiger charge is 2.45. The van der Waals surface area contributed by atoms with Crippen molar-refractivity contribution in [3.63, 3.8) is 0 Å². The molecule has 27 heavy (non-hydrogen) atoms. The number of amides is 2. The van der Waals surface area contributed by atoms with Gasteiger partial charge in [-0.3, -0.25) is 9.59 Å². The van der Waals surface area contributed by atoms with E-state index in [1.165, 1.54) is 0 Å². The van der Waals surface area contributed by atoms with Crippen molar-refractivity contribution in [3.05, 3.63) is 29.8 Å². The lowest BCUT2D eigenvalue weighted by atomic mass is 9.77. The van der Waals surface area contributed by atoms with E-state index in [-0.39, 0.29) is 17.2 Å². The molecule has 3 rings (SSSR count). The van der Waals surface area contributed by atoms with Gasteiger partial charge in [0.2, 0.25) is 11.8 Å². The predicted molar refractivity (Wildman–Crippen MR) is 102 cm³/mol. The molecule has 0 unspecified atom stereocenters. The summed E-state index contributed by atoms with van der Waals surface area (Å²) in [4.78, 5) is 28.7. The minimum absolute atomic E-state index is 0.0205. The number of likely N-dealkylation sites (tertiary alicyclic amines) is 2. The number of carbonyl (C=O) groups excluding carboxylic acids is 2. The summed E-state index contributed by atoms with van der Waals surface area (Å²) in [5.74, 6) is 1.19. The lowest BCUT2D eigenvalue weighted by Gasteiger charge is -2.39. The third kappa shape index (κ3) is 4.80. The number of nitrogens with zero attached hydrogens (tertiary/aromatic N) is 2. The highest BCUT2D eigenvalue weighted by atomic mass is 16.5. The zero-order valence-electron chi connectivity index (χ0n) is 16.4. The van der Waals surface area contributed by atoms with Crippen LogP contribution in [0.1, 0.15) is 38.2 Å². The third-order valence-electron chi connectivity index (χ3n) is 5.75. The maximum Gasteiger partial charge on any atom is 0.224 e.